The number of benzene rings is 2. The molecule has 1 aliphatic rings. The van der Waals surface area contributed by atoms with E-state index in [-0.39, 0.29) is 0 Å². The predicted octanol–water partition coefficient (Wildman–Crippen LogP) is 3.16. The van der Waals surface area contributed by atoms with E-state index < -0.39 is 0 Å². The second-order valence-corrected chi connectivity index (χ2v) is 5.77. The second kappa shape index (κ2) is 8.93. The zero-order valence-corrected chi connectivity index (χ0v) is 15.6. The van der Waals surface area contributed by atoms with E-state index in [9.17, 15) is 0 Å². The molecular weight excluding hydrogens is 348 g/mol. The third-order valence-electron chi connectivity index (χ3n) is 4.11. The topological polar surface area (TPSA) is 70.9 Å². The average molecular weight is 370 g/mol. The fourth-order valence-corrected chi connectivity index (χ4v) is 2.80. The van der Waals surface area contributed by atoms with E-state index in [1.165, 1.54) is 14.2 Å². The Balaban J connectivity index is 1.71. The Morgan fingerprint density at radius 3 is 2.59 bits per heavy atom. The summed E-state index contributed by atoms with van der Waals surface area (Å²) in [5.74, 6) is 1.96. The van der Waals surface area contributed by atoms with Crippen molar-refractivity contribution in [2.45, 2.75) is 13.0 Å². The van der Waals surface area contributed by atoms with Crippen molar-refractivity contribution >= 4 is 11.6 Å². The minimum atomic E-state index is 0.397. The summed E-state index contributed by atoms with van der Waals surface area (Å²) < 4.78 is 16.8. The van der Waals surface area contributed by atoms with Gasteiger partial charge in [0.15, 0.2) is 0 Å². The van der Waals surface area contributed by atoms with Gasteiger partial charge >= 0.3 is 0 Å². The first-order valence-corrected chi connectivity index (χ1v) is 8.46. The largest absolute Gasteiger partial charge is 0.489 e. The quantitative estimate of drug-likeness (QED) is 0.425. The first-order valence-electron chi connectivity index (χ1n) is 8.46. The van der Waals surface area contributed by atoms with Crippen LogP contribution in [0.3, 0.4) is 0 Å². The van der Waals surface area contributed by atoms with Crippen molar-refractivity contribution in [2.24, 2.45) is 10.3 Å². The van der Waals surface area contributed by atoms with Crippen LogP contribution in [-0.4, -0.2) is 39.5 Å². The maximum Gasteiger partial charge on any atom is 0.229 e. The van der Waals surface area contributed by atoms with Gasteiger partial charge in [0, 0.05) is 11.6 Å². The van der Waals surface area contributed by atoms with Crippen molar-refractivity contribution in [2.75, 3.05) is 27.9 Å². The van der Waals surface area contributed by atoms with Gasteiger partial charge in [0.2, 0.25) is 5.90 Å². The number of rotatable bonds is 7. The number of fused-ring (bicyclic) bond motifs is 1. The first kappa shape index (κ1) is 18.6. The molecule has 0 atom stereocenters. The van der Waals surface area contributed by atoms with Crippen molar-refractivity contribution in [3.05, 3.63) is 59.2 Å². The van der Waals surface area contributed by atoms with Crippen LogP contribution in [0.25, 0.3) is 0 Å². The van der Waals surface area contributed by atoms with E-state index in [0.29, 0.717) is 25.5 Å². The highest BCUT2D eigenvalue weighted by Gasteiger charge is 2.20. The van der Waals surface area contributed by atoms with Gasteiger partial charge in [-0.05, 0) is 23.3 Å². The molecule has 0 aliphatic carbocycles. The van der Waals surface area contributed by atoms with Gasteiger partial charge in [-0.25, -0.2) is 0 Å². The van der Waals surface area contributed by atoms with Crippen LogP contribution in [0.2, 0.25) is 0 Å². The molecule has 0 saturated heterocycles. The molecular formula is C20H22N2O5. The molecule has 0 N–H and O–H groups in total. The van der Waals surface area contributed by atoms with Crippen molar-refractivity contribution in [3.63, 3.8) is 0 Å². The summed E-state index contributed by atoms with van der Waals surface area (Å²) in [6.07, 6.45) is 0.522. The smallest absolute Gasteiger partial charge is 0.229 e. The first-order chi connectivity index (χ1) is 13.2. The van der Waals surface area contributed by atoms with Gasteiger partial charge in [0.05, 0.1) is 13.5 Å². The summed E-state index contributed by atoms with van der Waals surface area (Å²) in [6.45, 7) is 0.812. The van der Waals surface area contributed by atoms with Crippen molar-refractivity contribution in [1.82, 2.24) is 0 Å². The molecule has 7 nitrogen and oxygen atoms in total. The van der Waals surface area contributed by atoms with E-state index in [1.807, 2.05) is 42.5 Å². The van der Waals surface area contributed by atoms with Crippen molar-refractivity contribution in [1.29, 1.82) is 0 Å². The van der Waals surface area contributed by atoms with E-state index in [1.54, 1.807) is 7.11 Å². The summed E-state index contributed by atoms with van der Waals surface area (Å²) >= 11 is 0. The summed E-state index contributed by atoms with van der Waals surface area (Å²) in [6, 6.07) is 13.7. The molecule has 0 aromatic heterocycles. The Morgan fingerprint density at radius 2 is 1.85 bits per heavy atom. The molecule has 0 saturated carbocycles. The van der Waals surface area contributed by atoms with Crippen molar-refractivity contribution in [3.8, 4) is 11.5 Å². The Hall–Kier alpha value is -3.22. The van der Waals surface area contributed by atoms with Crippen LogP contribution in [0.1, 0.15) is 16.7 Å². The second-order valence-electron chi connectivity index (χ2n) is 5.77. The molecule has 0 amide bonds. The minimum Gasteiger partial charge on any atom is -0.489 e. The Kier molecular flexibility index (Phi) is 6.14. The van der Waals surface area contributed by atoms with E-state index in [0.717, 1.165) is 33.9 Å². The number of oxime groups is 2. The fraction of sp³-hybridized carbons (Fsp3) is 0.300. The van der Waals surface area contributed by atoms with Crippen LogP contribution in [0.15, 0.2) is 52.8 Å². The van der Waals surface area contributed by atoms with Crippen LogP contribution in [-0.2, 0) is 27.4 Å². The molecule has 0 radical (unpaired) electrons. The van der Waals surface area contributed by atoms with Crippen LogP contribution in [0.4, 0.5) is 0 Å². The Morgan fingerprint density at radius 1 is 1.04 bits per heavy atom. The lowest BCUT2D eigenvalue weighted by molar-refractivity contribution is 0.197. The zero-order valence-electron chi connectivity index (χ0n) is 15.6. The van der Waals surface area contributed by atoms with Crippen molar-refractivity contribution < 1.29 is 23.9 Å². The number of methoxy groups -OCH3 is 1. The number of ether oxygens (including phenoxy) is 3. The van der Waals surface area contributed by atoms with Crippen LogP contribution in [0.5, 0.6) is 11.5 Å². The van der Waals surface area contributed by atoms with E-state index in [4.69, 9.17) is 23.9 Å². The Bertz CT molecular complexity index is 848. The maximum absolute atomic E-state index is 5.97. The molecule has 1 aliphatic heterocycles. The molecule has 2 aromatic carbocycles. The van der Waals surface area contributed by atoms with E-state index >= 15 is 0 Å². The van der Waals surface area contributed by atoms with E-state index in [2.05, 4.69) is 10.3 Å². The van der Waals surface area contributed by atoms with Gasteiger partial charge in [0.25, 0.3) is 0 Å². The molecule has 1 heterocycles. The normalized spacial score (nSPS) is 14.5. The molecule has 3 rings (SSSR count). The van der Waals surface area contributed by atoms with Gasteiger partial charge in [0.1, 0.15) is 44.6 Å². The molecule has 2 aromatic rings. The SMILES string of the molecule is CO/N=C(\Cc1ccccc1COc1ccc2c(c1)OC/C2=N/OC)OC. The Labute approximate surface area is 158 Å². The molecule has 7 heteroatoms. The lowest BCUT2D eigenvalue weighted by atomic mass is 10.1. The number of hydrogen-bond acceptors (Lipinski definition) is 7. The van der Waals surface area contributed by atoms with Crippen LogP contribution < -0.4 is 9.47 Å². The number of nitrogens with zero attached hydrogens (tertiary/aromatic N) is 2. The summed E-state index contributed by atoms with van der Waals surface area (Å²) in [5, 5.41) is 7.84. The lowest BCUT2D eigenvalue weighted by Gasteiger charge is -2.12. The predicted molar refractivity (Wildman–Crippen MR) is 101 cm³/mol. The summed E-state index contributed by atoms with van der Waals surface area (Å²) in [4.78, 5) is 9.64. The monoisotopic (exact) mass is 370 g/mol. The van der Waals surface area contributed by atoms with Crippen LogP contribution >= 0.6 is 0 Å². The van der Waals surface area contributed by atoms with Gasteiger partial charge in [-0.15, -0.1) is 0 Å². The minimum absolute atomic E-state index is 0.397. The van der Waals surface area contributed by atoms with Gasteiger partial charge in [-0.3, -0.25) is 0 Å². The highest BCUT2D eigenvalue weighted by atomic mass is 16.6. The average Bonchev–Trinajstić information content (AvgIpc) is 3.09. The molecule has 0 spiro atoms. The molecule has 0 unspecified atom stereocenters. The van der Waals surface area contributed by atoms with Gasteiger partial charge in [-0.1, -0.05) is 34.6 Å². The summed E-state index contributed by atoms with van der Waals surface area (Å²) in [7, 11) is 4.58. The fourth-order valence-electron chi connectivity index (χ4n) is 2.80. The highest BCUT2D eigenvalue weighted by Crippen LogP contribution is 2.30. The maximum atomic E-state index is 5.97. The van der Waals surface area contributed by atoms with Crippen LogP contribution in [0, 0.1) is 0 Å². The molecule has 0 bridgehead atoms. The van der Waals surface area contributed by atoms with Gasteiger partial charge in [-0.2, -0.15) is 0 Å². The molecule has 27 heavy (non-hydrogen) atoms. The molecule has 0 fully saturated rings. The third-order valence-corrected chi connectivity index (χ3v) is 4.11. The standard InChI is InChI=1S/C20H22N2O5/c1-23-20(22-25-3)10-14-6-4-5-7-15(14)12-26-16-8-9-17-18(21-24-2)13-27-19(17)11-16/h4-9,11H,10,12-13H2,1-3H3/b21-18-,22-20+. The highest BCUT2D eigenvalue weighted by molar-refractivity contribution is 6.06. The number of hydrogen-bond donors (Lipinski definition) is 0. The molecule has 142 valence electrons. The zero-order chi connectivity index (χ0) is 19.1. The third kappa shape index (κ3) is 4.49. The lowest BCUT2D eigenvalue weighted by Crippen LogP contribution is -2.09. The summed E-state index contributed by atoms with van der Waals surface area (Å²) in [5.41, 5.74) is 3.79. The van der Waals surface area contributed by atoms with Gasteiger partial charge < -0.3 is 23.9 Å².